The lowest BCUT2D eigenvalue weighted by molar-refractivity contribution is -0.122. The van der Waals surface area contributed by atoms with Gasteiger partial charge in [0.15, 0.2) is 0 Å². The molecule has 0 aliphatic carbocycles. The van der Waals surface area contributed by atoms with Crippen LogP contribution in [0.3, 0.4) is 0 Å². The van der Waals surface area contributed by atoms with Crippen LogP contribution in [0.5, 0.6) is 0 Å². The number of nitrogens with one attached hydrogen (secondary N) is 2. The van der Waals surface area contributed by atoms with Gasteiger partial charge in [-0.15, -0.1) is 0 Å². The van der Waals surface area contributed by atoms with Gasteiger partial charge >= 0.3 is 0 Å². The van der Waals surface area contributed by atoms with E-state index in [1.54, 1.807) is 0 Å². The molecule has 2 N–H and O–H groups in total. The molecular formula is C11H23N3O3S. The first-order chi connectivity index (χ1) is 8.40. The highest BCUT2D eigenvalue weighted by atomic mass is 32.2. The topological polar surface area (TPSA) is 78.5 Å². The maximum atomic E-state index is 11.5. The zero-order valence-electron chi connectivity index (χ0n) is 11.1. The van der Waals surface area contributed by atoms with Crippen LogP contribution in [0.15, 0.2) is 0 Å². The van der Waals surface area contributed by atoms with Crippen molar-refractivity contribution in [3.63, 3.8) is 0 Å². The summed E-state index contributed by atoms with van der Waals surface area (Å²) >= 11 is 0. The third-order valence-electron chi connectivity index (χ3n) is 2.91. The second kappa shape index (κ2) is 7.06. The molecule has 1 amide bonds. The summed E-state index contributed by atoms with van der Waals surface area (Å²) < 4.78 is 24.8. The molecule has 6 nitrogen and oxygen atoms in total. The Bertz CT molecular complexity index is 362. The molecule has 0 aromatic heterocycles. The van der Waals surface area contributed by atoms with E-state index in [1.807, 2.05) is 6.92 Å². The van der Waals surface area contributed by atoms with E-state index in [-0.39, 0.29) is 11.9 Å². The minimum absolute atomic E-state index is 0.00922. The number of rotatable bonds is 6. The summed E-state index contributed by atoms with van der Waals surface area (Å²) in [5, 5.41) is 2.84. The Morgan fingerprint density at radius 1 is 1.33 bits per heavy atom. The van der Waals surface area contributed by atoms with Crippen molar-refractivity contribution in [1.29, 1.82) is 0 Å². The molecule has 0 bridgehead atoms. The molecule has 0 aromatic rings. The Morgan fingerprint density at radius 3 is 2.44 bits per heavy atom. The molecule has 0 aromatic carbocycles. The quantitative estimate of drug-likeness (QED) is 0.688. The largest absolute Gasteiger partial charge is 0.355 e. The maximum Gasteiger partial charge on any atom is 0.234 e. The van der Waals surface area contributed by atoms with E-state index >= 15 is 0 Å². The molecule has 1 rings (SSSR count). The van der Waals surface area contributed by atoms with E-state index < -0.39 is 10.0 Å². The zero-order chi connectivity index (χ0) is 13.6. The van der Waals surface area contributed by atoms with Crippen molar-refractivity contribution in [3.8, 4) is 0 Å². The van der Waals surface area contributed by atoms with Gasteiger partial charge in [0, 0.05) is 25.7 Å². The minimum atomic E-state index is -3.12. The van der Waals surface area contributed by atoms with Crippen LogP contribution < -0.4 is 10.0 Å². The highest BCUT2D eigenvalue weighted by Crippen LogP contribution is 2.10. The van der Waals surface area contributed by atoms with E-state index in [0.29, 0.717) is 13.1 Å². The minimum Gasteiger partial charge on any atom is -0.355 e. The third kappa shape index (κ3) is 6.32. The van der Waals surface area contributed by atoms with E-state index in [4.69, 9.17) is 0 Å². The Morgan fingerprint density at radius 2 is 1.94 bits per heavy atom. The lowest BCUT2D eigenvalue weighted by Gasteiger charge is -2.31. The molecule has 7 heteroatoms. The number of amides is 1. The Labute approximate surface area is 109 Å². The van der Waals surface area contributed by atoms with Crippen molar-refractivity contribution in [2.75, 3.05) is 32.4 Å². The average molecular weight is 277 g/mol. The average Bonchev–Trinajstić information content (AvgIpc) is 2.27. The van der Waals surface area contributed by atoms with Gasteiger partial charge in [-0.05, 0) is 19.3 Å². The number of hydrogen-bond acceptors (Lipinski definition) is 4. The number of piperidine rings is 1. The van der Waals surface area contributed by atoms with Crippen LogP contribution in [0.25, 0.3) is 0 Å². The summed E-state index contributed by atoms with van der Waals surface area (Å²) in [5.74, 6) is 0.0476. The van der Waals surface area contributed by atoms with Gasteiger partial charge in [0.2, 0.25) is 15.9 Å². The second-order valence-corrected chi connectivity index (χ2v) is 6.57. The first kappa shape index (κ1) is 15.4. The van der Waals surface area contributed by atoms with Crippen LogP contribution in [0.1, 0.15) is 26.2 Å². The molecule has 106 valence electrons. The lowest BCUT2D eigenvalue weighted by Crippen LogP contribution is -2.47. The predicted octanol–water partition coefficient (Wildman–Crippen LogP) is -0.474. The summed E-state index contributed by atoms with van der Waals surface area (Å²) in [6.07, 6.45) is 3.63. The molecule has 0 radical (unpaired) electrons. The number of carbonyl (C=O) groups is 1. The number of sulfonamides is 1. The van der Waals surface area contributed by atoms with E-state index in [0.717, 1.165) is 32.4 Å². The van der Waals surface area contributed by atoms with Gasteiger partial charge in [0.25, 0.3) is 0 Å². The van der Waals surface area contributed by atoms with Crippen LogP contribution in [0, 0.1) is 0 Å². The van der Waals surface area contributed by atoms with Crippen molar-refractivity contribution < 1.29 is 13.2 Å². The van der Waals surface area contributed by atoms with Gasteiger partial charge in [-0.1, -0.05) is 6.92 Å². The first-order valence-corrected chi connectivity index (χ1v) is 8.26. The van der Waals surface area contributed by atoms with Crippen LogP contribution in [-0.4, -0.2) is 57.7 Å². The number of nitrogens with zero attached hydrogens (tertiary/aromatic N) is 1. The Hall–Kier alpha value is -0.660. The first-order valence-electron chi connectivity index (χ1n) is 6.37. The molecule has 0 unspecified atom stereocenters. The monoisotopic (exact) mass is 277 g/mol. The second-order valence-electron chi connectivity index (χ2n) is 4.79. The number of likely N-dealkylation sites (tertiary alicyclic amines) is 1. The fraction of sp³-hybridized carbons (Fsp3) is 0.909. The standard InChI is InChI=1S/C11H23N3O3S/c1-3-6-12-11(15)9-14-7-4-10(5-8-14)13-18(2,16)17/h10,13H,3-9H2,1-2H3,(H,12,15). The van der Waals surface area contributed by atoms with Crippen molar-refractivity contribution >= 4 is 15.9 Å². The summed E-state index contributed by atoms with van der Waals surface area (Å²) in [4.78, 5) is 13.6. The van der Waals surface area contributed by atoms with Crippen LogP contribution in [-0.2, 0) is 14.8 Å². The van der Waals surface area contributed by atoms with Gasteiger partial charge in [-0.2, -0.15) is 0 Å². The molecule has 1 fully saturated rings. The molecule has 0 spiro atoms. The lowest BCUT2D eigenvalue weighted by atomic mass is 10.1. The molecule has 1 aliphatic heterocycles. The van der Waals surface area contributed by atoms with Gasteiger partial charge in [-0.25, -0.2) is 13.1 Å². The van der Waals surface area contributed by atoms with Crippen LogP contribution in [0.4, 0.5) is 0 Å². The number of hydrogen-bond donors (Lipinski definition) is 2. The van der Waals surface area contributed by atoms with E-state index in [2.05, 4.69) is 14.9 Å². The summed E-state index contributed by atoms with van der Waals surface area (Å²) in [6.45, 7) is 4.65. The fourth-order valence-corrected chi connectivity index (χ4v) is 2.88. The molecule has 1 heterocycles. The molecule has 1 aliphatic rings. The highest BCUT2D eigenvalue weighted by Gasteiger charge is 2.22. The maximum absolute atomic E-state index is 11.5. The molecule has 0 atom stereocenters. The van der Waals surface area contributed by atoms with Gasteiger partial charge < -0.3 is 5.32 Å². The summed E-state index contributed by atoms with van der Waals surface area (Å²) in [5.41, 5.74) is 0. The SMILES string of the molecule is CCCNC(=O)CN1CCC(NS(C)(=O)=O)CC1. The van der Waals surface area contributed by atoms with Gasteiger partial charge in [0.1, 0.15) is 0 Å². The van der Waals surface area contributed by atoms with Crippen molar-refractivity contribution in [1.82, 2.24) is 14.9 Å². The molecular weight excluding hydrogens is 254 g/mol. The third-order valence-corrected chi connectivity index (χ3v) is 3.67. The summed E-state index contributed by atoms with van der Waals surface area (Å²) in [7, 11) is -3.12. The normalized spacial score (nSPS) is 18.8. The van der Waals surface area contributed by atoms with Gasteiger partial charge in [-0.3, -0.25) is 9.69 Å². The molecule has 1 saturated heterocycles. The highest BCUT2D eigenvalue weighted by molar-refractivity contribution is 7.88. The van der Waals surface area contributed by atoms with Crippen LogP contribution in [0.2, 0.25) is 0 Å². The predicted molar refractivity (Wildman–Crippen MR) is 70.7 cm³/mol. The van der Waals surface area contributed by atoms with Crippen molar-refractivity contribution in [2.24, 2.45) is 0 Å². The Balaban J connectivity index is 2.25. The smallest absolute Gasteiger partial charge is 0.234 e. The van der Waals surface area contributed by atoms with E-state index in [1.165, 1.54) is 6.26 Å². The zero-order valence-corrected chi connectivity index (χ0v) is 11.9. The van der Waals surface area contributed by atoms with Gasteiger partial charge in [0.05, 0.1) is 12.8 Å². The molecule has 18 heavy (non-hydrogen) atoms. The van der Waals surface area contributed by atoms with Crippen molar-refractivity contribution in [3.05, 3.63) is 0 Å². The summed E-state index contributed by atoms with van der Waals surface area (Å²) in [6, 6.07) is 0.00922. The fourth-order valence-electron chi connectivity index (χ4n) is 2.04. The molecule has 0 saturated carbocycles. The number of carbonyl (C=O) groups excluding carboxylic acids is 1. The Kier molecular flexibility index (Phi) is 6.04. The van der Waals surface area contributed by atoms with Crippen LogP contribution >= 0.6 is 0 Å². The van der Waals surface area contributed by atoms with E-state index in [9.17, 15) is 13.2 Å². The van der Waals surface area contributed by atoms with Crippen molar-refractivity contribution in [2.45, 2.75) is 32.2 Å².